The highest BCUT2D eigenvalue weighted by molar-refractivity contribution is 7.92. The Kier molecular flexibility index (Phi) is 6.70. The Hall–Kier alpha value is -2.42. The molecule has 9 heteroatoms. The lowest BCUT2D eigenvalue weighted by Gasteiger charge is -2.07. The van der Waals surface area contributed by atoms with Gasteiger partial charge in [0.1, 0.15) is 5.75 Å². The van der Waals surface area contributed by atoms with Gasteiger partial charge in [0.05, 0.1) is 6.42 Å². The third-order valence-corrected chi connectivity index (χ3v) is 4.43. The quantitative estimate of drug-likeness (QED) is 0.621. The summed E-state index contributed by atoms with van der Waals surface area (Å²) in [5.74, 6) is -2.80. The fourth-order valence-corrected chi connectivity index (χ4v) is 2.26. The number of hydrogen-bond acceptors (Lipinski definition) is 5. The molecule has 0 radical (unpaired) electrons. The molecule has 0 fully saturated rings. The third kappa shape index (κ3) is 6.92. The van der Waals surface area contributed by atoms with Gasteiger partial charge in [-0.05, 0) is 24.3 Å². The molecule has 0 unspecified atom stereocenters. The van der Waals surface area contributed by atoms with Gasteiger partial charge in [0.2, 0.25) is 5.91 Å². The van der Waals surface area contributed by atoms with E-state index in [-0.39, 0.29) is 18.7 Å². The van der Waals surface area contributed by atoms with Crippen molar-refractivity contribution in [3.63, 3.8) is 0 Å². The highest BCUT2D eigenvalue weighted by Gasteiger charge is 2.14. The van der Waals surface area contributed by atoms with Crippen LogP contribution < -0.4 is 10.6 Å². The number of nitrogens with one attached hydrogen (secondary N) is 2. The molecule has 0 aliphatic rings. The SMILES string of the molecule is CCS(=O)(=O)CC(=O)Nc1ccc(C(=O)NCCC(=O)O)cc1. The Morgan fingerprint density at radius 3 is 2.26 bits per heavy atom. The fraction of sp³-hybridized carbons (Fsp3) is 0.357. The molecule has 0 aliphatic heterocycles. The average Bonchev–Trinajstić information content (AvgIpc) is 2.46. The smallest absolute Gasteiger partial charge is 0.305 e. The van der Waals surface area contributed by atoms with Gasteiger partial charge < -0.3 is 15.7 Å². The van der Waals surface area contributed by atoms with E-state index < -0.39 is 33.4 Å². The summed E-state index contributed by atoms with van der Waals surface area (Å²) >= 11 is 0. The van der Waals surface area contributed by atoms with Crippen LogP contribution in [0.1, 0.15) is 23.7 Å². The van der Waals surface area contributed by atoms with Crippen molar-refractivity contribution < 1.29 is 27.9 Å². The number of anilines is 1. The molecule has 3 N–H and O–H groups in total. The maximum Gasteiger partial charge on any atom is 0.305 e. The van der Waals surface area contributed by atoms with Gasteiger partial charge in [-0.1, -0.05) is 6.92 Å². The molecule has 1 aromatic carbocycles. The Balaban J connectivity index is 2.57. The average molecular weight is 342 g/mol. The first-order valence-electron chi connectivity index (χ1n) is 6.84. The van der Waals surface area contributed by atoms with Gasteiger partial charge in [-0.25, -0.2) is 8.42 Å². The lowest BCUT2D eigenvalue weighted by Crippen LogP contribution is -2.26. The lowest BCUT2D eigenvalue weighted by atomic mass is 10.2. The first-order valence-corrected chi connectivity index (χ1v) is 8.66. The van der Waals surface area contributed by atoms with Crippen molar-refractivity contribution in [2.75, 3.05) is 23.4 Å². The van der Waals surface area contributed by atoms with E-state index in [1.165, 1.54) is 31.2 Å². The summed E-state index contributed by atoms with van der Waals surface area (Å²) in [5.41, 5.74) is 0.665. The number of sulfone groups is 1. The predicted octanol–water partition coefficient (Wildman–Crippen LogP) is 0.264. The highest BCUT2D eigenvalue weighted by atomic mass is 32.2. The second-order valence-corrected chi connectivity index (χ2v) is 7.05. The van der Waals surface area contributed by atoms with Crippen LogP contribution >= 0.6 is 0 Å². The van der Waals surface area contributed by atoms with Crippen LogP contribution in [0.4, 0.5) is 5.69 Å². The molecule has 0 atom stereocenters. The monoisotopic (exact) mass is 342 g/mol. The number of carbonyl (C=O) groups is 3. The first kappa shape index (κ1) is 18.6. The van der Waals surface area contributed by atoms with E-state index in [2.05, 4.69) is 10.6 Å². The van der Waals surface area contributed by atoms with Gasteiger partial charge in [0, 0.05) is 23.5 Å². The fourth-order valence-electron chi connectivity index (χ4n) is 1.59. The van der Waals surface area contributed by atoms with Crippen LogP contribution in [0.5, 0.6) is 0 Å². The number of rotatable bonds is 8. The van der Waals surface area contributed by atoms with E-state index in [0.29, 0.717) is 11.3 Å². The topological polar surface area (TPSA) is 130 Å². The van der Waals surface area contributed by atoms with Gasteiger partial charge in [0.15, 0.2) is 9.84 Å². The summed E-state index contributed by atoms with van der Waals surface area (Å²) in [6, 6.07) is 5.81. The molecule has 0 heterocycles. The molecule has 0 aromatic heterocycles. The summed E-state index contributed by atoms with van der Waals surface area (Å²) in [4.78, 5) is 33.7. The van der Waals surface area contributed by atoms with E-state index in [1.807, 2.05) is 0 Å². The molecule has 0 bridgehead atoms. The molecule has 0 spiro atoms. The number of carbonyl (C=O) groups excluding carboxylic acids is 2. The van der Waals surface area contributed by atoms with Crippen molar-refractivity contribution in [3.8, 4) is 0 Å². The maximum absolute atomic E-state index is 11.7. The van der Waals surface area contributed by atoms with Crippen molar-refractivity contribution in [1.29, 1.82) is 0 Å². The Morgan fingerprint density at radius 1 is 1.13 bits per heavy atom. The molecular formula is C14H18N2O6S. The van der Waals surface area contributed by atoms with Crippen molar-refractivity contribution in [1.82, 2.24) is 5.32 Å². The van der Waals surface area contributed by atoms with Crippen LogP contribution in [-0.2, 0) is 19.4 Å². The second kappa shape index (κ2) is 8.28. The minimum absolute atomic E-state index is 0.0154. The van der Waals surface area contributed by atoms with Gasteiger partial charge in [-0.3, -0.25) is 14.4 Å². The minimum atomic E-state index is -3.40. The summed E-state index contributed by atoms with van der Waals surface area (Å²) in [7, 11) is -3.40. The predicted molar refractivity (Wildman–Crippen MR) is 84.0 cm³/mol. The van der Waals surface area contributed by atoms with Gasteiger partial charge in [0.25, 0.3) is 5.91 Å². The molecule has 0 saturated carbocycles. The van der Waals surface area contributed by atoms with E-state index in [4.69, 9.17) is 5.11 Å². The molecule has 0 saturated heterocycles. The second-order valence-electron chi connectivity index (χ2n) is 4.70. The van der Waals surface area contributed by atoms with E-state index >= 15 is 0 Å². The minimum Gasteiger partial charge on any atom is -0.481 e. The molecule has 8 nitrogen and oxygen atoms in total. The number of benzene rings is 1. The normalized spacial score (nSPS) is 10.8. The van der Waals surface area contributed by atoms with Gasteiger partial charge >= 0.3 is 5.97 Å². The third-order valence-electron chi connectivity index (χ3n) is 2.85. The number of aliphatic carboxylic acids is 1. The zero-order valence-electron chi connectivity index (χ0n) is 12.5. The van der Waals surface area contributed by atoms with E-state index in [0.717, 1.165) is 0 Å². The van der Waals surface area contributed by atoms with Crippen LogP contribution in [0.15, 0.2) is 24.3 Å². The van der Waals surface area contributed by atoms with Gasteiger partial charge in [-0.15, -0.1) is 0 Å². The molecule has 1 aromatic rings. The molecule has 1 rings (SSSR count). The highest BCUT2D eigenvalue weighted by Crippen LogP contribution is 2.10. The summed E-state index contributed by atoms with van der Waals surface area (Å²) in [6.45, 7) is 1.47. The lowest BCUT2D eigenvalue weighted by molar-refractivity contribution is -0.136. The maximum atomic E-state index is 11.7. The number of carboxylic acids is 1. The largest absolute Gasteiger partial charge is 0.481 e. The molecular weight excluding hydrogens is 324 g/mol. The summed E-state index contributed by atoms with van der Waals surface area (Å²) in [6.07, 6.45) is -0.175. The van der Waals surface area contributed by atoms with Crippen LogP contribution in [-0.4, -0.2) is 49.4 Å². The zero-order chi connectivity index (χ0) is 17.5. The molecule has 2 amide bonds. The van der Waals surface area contributed by atoms with Crippen molar-refractivity contribution >= 4 is 33.3 Å². The standard InChI is InChI=1S/C14H18N2O6S/c1-2-23(21,22)9-12(17)16-11-5-3-10(4-6-11)14(20)15-8-7-13(18)19/h3-6H,2,7-9H2,1H3,(H,15,20)(H,16,17)(H,18,19). The summed E-state index contributed by atoms with van der Waals surface area (Å²) < 4.78 is 22.7. The number of carboxylic acid groups (broad SMARTS) is 1. The molecule has 23 heavy (non-hydrogen) atoms. The Morgan fingerprint density at radius 2 is 1.74 bits per heavy atom. The van der Waals surface area contributed by atoms with E-state index in [1.54, 1.807) is 0 Å². The summed E-state index contributed by atoms with van der Waals surface area (Å²) in [5, 5.41) is 13.4. The van der Waals surface area contributed by atoms with Crippen molar-refractivity contribution in [2.45, 2.75) is 13.3 Å². The zero-order valence-corrected chi connectivity index (χ0v) is 13.4. The van der Waals surface area contributed by atoms with Crippen LogP contribution in [0, 0.1) is 0 Å². The number of amides is 2. The molecule has 126 valence electrons. The van der Waals surface area contributed by atoms with Crippen LogP contribution in [0.3, 0.4) is 0 Å². The van der Waals surface area contributed by atoms with E-state index in [9.17, 15) is 22.8 Å². The Bertz CT molecular complexity index is 682. The number of hydrogen-bond donors (Lipinski definition) is 3. The first-order chi connectivity index (χ1) is 10.7. The van der Waals surface area contributed by atoms with Crippen molar-refractivity contribution in [3.05, 3.63) is 29.8 Å². The van der Waals surface area contributed by atoms with Crippen LogP contribution in [0.2, 0.25) is 0 Å². The van der Waals surface area contributed by atoms with Gasteiger partial charge in [-0.2, -0.15) is 0 Å². The molecule has 0 aliphatic carbocycles. The van der Waals surface area contributed by atoms with Crippen LogP contribution in [0.25, 0.3) is 0 Å². The Labute approximate surface area is 133 Å². The van der Waals surface area contributed by atoms with Crippen molar-refractivity contribution in [2.24, 2.45) is 0 Å².